The Morgan fingerprint density at radius 2 is 2.18 bits per heavy atom. The van der Waals surface area contributed by atoms with Gasteiger partial charge in [-0.1, -0.05) is 13.8 Å². The number of aliphatic imine (C=N–C) groups is 1. The second kappa shape index (κ2) is 10.2. The second-order valence-electron chi connectivity index (χ2n) is 5.21. The standard InChI is InChI=1S/C15H26N4O2S/c1-11(2)12-10-22-13(19-12)9-18-15(16-3)17-8-6-5-7-14(20)21-4/h10-11H,5-9H2,1-4H3,(H2,16,17,18). The number of nitrogens with one attached hydrogen (secondary N) is 2. The Balaban J connectivity index is 2.23. The lowest BCUT2D eigenvalue weighted by molar-refractivity contribution is -0.140. The molecular formula is C15H26N4O2S. The predicted octanol–water partition coefficient (Wildman–Crippen LogP) is 2.27. The van der Waals surface area contributed by atoms with E-state index in [1.807, 2.05) is 0 Å². The SMILES string of the molecule is CN=C(NCCCCC(=O)OC)NCc1nc(C(C)C)cs1. The van der Waals surface area contributed by atoms with E-state index in [0.29, 0.717) is 18.9 Å². The first-order chi connectivity index (χ1) is 10.6. The Kier molecular flexibility index (Phi) is 8.50. The molecule has 0 saturated carbocycles. The minimum Gasteiger partial charge on any atom is -0.469 e. The third-order valence-corrected chi connectivity index (χ3v) is 3.99. The molecule has 1 aromatic heterocycles. The zero-order chi connectivity index (χ0) is 16.4. The van der Waals surface area contributed by atoms with E-state index in [0.717, 1.165) is 36.0 Å². The van der Waals surface area contributed by atoms with Crippen LogP contribution in [0.15, 0.2) is 10.4 Å². The van der Waals surface area contributed by atoms with E-state index < -0.39 is 0 Å². The van der Waals surface area contributed by atoms with Gasteiger partial charge in [0.05, 0.1) is 19.3 Å². The van der Waals surface area contributed by atoms with Crippen LogP contribution in [-0.2, 0) is 16.1 Å². The highest BCUT2D eigenvalue weighted by Crippen LogP contribution is 2.17. The van der Waals surface area contributed by atoms with Crippen LogP contribution in [0, 0.1) is 0 Å². The molecule has 0 aliphatic heterocycles. The largest absolute Gasteiger partial charge is 0.469 e. The van der Waals surface area contributed by atoms with E-state index in [-0.39, 0.29) is 5.97 Å². The molecule has 0 aromatic carbocycles. The summed E-state index contributed by atoms with van der Waals surface area (Å²) in [7, 11) is 3.15. The third-order valence-electron chi connectivity index (χ3n) is 3.12. The molecule has 0 bridgehead atoms. The molecule has 0 amide bonds. The molecule has 0 aliphatic carbocycles. The summed E-state index contributed by atoms with van der Waals surface area (Å²) in [6, 6.07) is 0. The highest BCUT2D eigenvalue weighted by molar-refractivity contribution is 7.09. The number of aromatic nitrogens is 1. The number of thiazole rings is 1. The molecule has 22 heavy (non-hydrogen) atoms. The molecule has 7 heteroatoms. The van der Waals surface area contributed by atoms with E-state index in [2.05, 4.69) is 44.6 Å². The van der Waals surface area contributed by atoms with E-state index >= 15 is 0 Å². The number of carbonyl (C=O) groups is 1. The lowest BCUT2D eigenvalue weighted by atomic mass is 10.2. The van der Waals surface area contributed by atoms with Gasteiger partial charge in [0.15, 0.2) is 5.96 Å². The van der Waals surface area contributed by atoms with Crippen molar-refractivity contribution < 1.29 is 9.53 Å². The van der Waals surface area contributed by atoms with Crippen molar-refractivity contribution in [1.82, 2.24) is 15.6 Å². The zero-order valence-corrected chi connectivity index (χ0v) is 14.6. The molecule has 2 N–H and O–H groups in total. The van der Waals surface area contributed by atoms with Crippen molar-refractivity contribution in [2.24, 2.45) is 4.99 Å². The number of hydrogen-bond acceptors (Lipinski definition) is 5. The van der Waals surface area contributed by atoms with E-state index in [9.17, 15) is 4.79 Å². The number of guanidine groups is 1. The van der Waals surface area contributed by atoms with E-state index in [1.165, 1.54) is 7.11 Å². The summed E-state index contributed by atoms with van der Waals surface area (Å²) in [5.41, 5.74) is 1.13. The van der Waals surface area contributed by atoms with Crippen LogP contribution in [0.25, 0.3) is 0 Å². The molecule has 1 aromatic rings. The summed E-state index contributed by atoms with van der Waals surface area (Å²) < 4.78 is 4.60. The van der Waals surface area contributed by atoms with Crippen molar-refractivity contribution in [2.75, 3.05) is 20.7 Å². The van der Waals surface area contributed by atoms with Crippen LogP contribution in [0.1, 0.15) is 49.7 Å². The van der Waals surface area contributed by atoms with Crippen LogP contribution in [-0.4, -0.2) is 37.6 Å². The first-order valence-corrected chi connectivity index (χ1v) is 8.40. The number of rotatable bonds is 8. The molecule has 1 heterocycles. The van der Waals surface area contributed by atoms with Crippen molar-refractivity contribution in [3.05, 3.63) is 16.1 Å². The van der Waals surface area contributed by atoms with Crippen molar-refractivity contribution in [1.29, 1.82) is 0 Å². The van der Waals surface area contributed by atoms with Gasteiger partial charge in [0.25, 0.3) is 0 Å². The third kappa shape index (κ3) is 6.89. The number of hydrogen-bond donors (Lipinski definition) is 2. The van der Waals surface area contributed by atoms with Gasteiger partial charge in [0, 0.05) is 25.4 Å². The maximum Gasteiger partial charge on any atom is 0.305 e. The minimum atomic E-state index is -0.160. The summed E-state index contributed by atoms with van der Waals surface area (Å²) >= 11 is 1.66. The fraction of sp³-hybridized carbons (Fsp3) is 0.667. The first kappa shape index (κ1) is 18.4. The summed E-state index contributed by atoms with van der Waals surface area (Å²) in [4.78, 5) is 19.7. The number of nitrogens with zero attached hydrogens (tertiary/aromatic N) is 2. The van der Waals surface area contributed by atoms with Crippen LogP contribution in [0.4, 0.5) is 0 Å². The van der Waals surface area contributed by atoms with Gasteiger partial charge in [-0.05, 0) is 18.8 Å². The number of ether oxygens (including phenoxy) is 1. The average Bonchev–Trinajstić information content (AvgIpc) is 2.98. The molecule has 0 radical (unpaired) electrons. The maximum absolute atomic E-state index is 11.0. The molecule has 0 unspecified atom stereocenters. The van der Waals surface area contributed by atoms with Gasteiger partial charge in [-0.25, -0.2) is 4.98 Å². The first-order valence-electron chi connectivity index (χ1n) is 7.52. The van der Waals surface area contributed by atoms with E-state index in [1.54, 1.807) is 18.4 Å². The van der Waals surface area contributed by atoms with Gasteiger partial charge in [-0.3, -0.25) is 9.79 Å². The number of methoxy groups -OCH3 is 1. The van der Waals surface area contributed by atoms with Crippen LogP contribution < -0.4 is 10.6 Å². The Morgan fingerprint density at radius 3 is 2.77 bits per heavy atom. The Hall–Kier alpha value is -1.63. The summed E-state index contributed by atoms with van der Waals surface area (Å²) in [5, 5.41) is 9.62. The van der Waals surface area contributed by atoms with Crippen molar-refractivity contribution in [3.63, 3.8) is 0 Å². The fourth-order valence-electron chi connectivity index (χ4n) is 1.75. The Labute approximate surface area is 136 Å². The number of carbonyl (C=O) groups excluding carboxylic acids is 1. The Morgan fingerprint density at radius 1 is 1.41 bits per heavy atom. The van der Waals surface area contributed by atoms with E-state index in [4.69, 9.17) is 0 Å². The lowest BCUT2D eigenvalue weighted by Crippen LogP contribution is -2.37. The van der Waals surface area contributed by atoms with Gasteiger partial charge in [0.1, 0.15) is 5.01 Å². The smallest absolute Gasteiger partial charge is 0.305 e. The zero-order valence-electron chi connectivity index (χ0n) is 13.8. The molecule has 0 aliphatic rings. The summed E-state index contributed by atoms with van der Waals surface area (Å²) in [5.74, 6) is 1.05. The fourth-order valence-corrected chi connectivity index (χ4v) is 2.65. The van der Waals surface area contributed by atoms with Crippen molar-refractivity contribution in [2.45, 2.75) is 45.6 Å². The van der Waals surface area contributed by atoms with Gasteiger partial charge >= 0.3 is 5.97 Å². The van der Waals surface area contributed by atoms with Gasteiger partial charge in [0.2, 0.25) is 0 Å². The average molecular weight is 326 g/mol. The highest BCUT2D eigenvalue weighted by Gasteiger charge is 2.06. The van der Waals surface area contributed by atoms with Crippen LogP contribution in [0.3, 0.4) is 0 Å². The number of unbranched alkanes of at least 4 members (excludes halogenated alkanes) is 1. The van der Waals surface area contributed by atoms with Crippen molar-refractivity contribution >= 4 is 23.3 Å². The molecule has 6 nitrogen and oxygen atoms in total. The van der Waals surface area contributed by atoms with Gasteiger partial charge in [-0.15, -0.1) is 11.3 Å². The molecule has 124 valence electrons. The van der Waals surface area contributed by atoms with Gasteiger partial charge in [-0.2, -0.15) is 0 Å². The van der Waals surface area contributed by atoms with Crippen LogP contribution in [0.5, 0.6) is 0 Å². The normalized spacial score (nSPS) is 11.6. The minimum absolute atomic E-state index is 0.160. The maximum atomic E-state index is 11.0. The summed E-state index contributed by atoms with van der Waals surface area (Å²) in [6.45, 7) is 5.72. The monoisotopic (exact) mass is 326 g/mol. The molecule has 0 spiro atoms. The van der Waals surface area contributed by atoms with Gasteiger partial charge < -0.3 is 15.4 Å². The van der Waals surface area contributed by atoms with Crippen molar-refractivity contribution in [3.8, 4) is 0 Å². The molecule has 0 saturated heterocycles. The molecule has 0 fully saturated rings. The second-order valence-corrected chi connectivity index (χ2v) is 6.15. The molecule has 0 atom stereocenters. The molecule has 1 rings (SSSR count). The summed E-state index contributed by atoms with van der Waals surface area (Å²) in [6.07, 6.45) is 2.16. The topological polar surface area (TPSA) is 75.6 Å². The molecular weight excluding hydrogens is 300 g/mol. The van der Waals surface area contributed by atoms with Crippen LogP contribution >= 0.6 is 11.3 Å². The Bertz CT molecular complexity index is 486. The predicted molar refractivity (Wildman–Crippen MR) is 90.3 cm³/mol. The lowest BCUT2D eigenvalue weighted by Gasteiger charge is -2.10. The quantitative estimate of drug-likeness (QED) is 0.332. The number of esters is 1. The van der Waals surface area contributed by atoms with Crippen LogP contribution in [0.2, 0.25) is 0 Å². The highest BCUT2D eigenvalue weighted by atomic mass is 32.1.